The monoisotopic (exact) mass is 269 g/mol. The lowest BCUT2D eigenvalue weighted by Gasteiger charge is -2.38. The molecule has 0 saturated carbocycles. The maximum Gasteiger partial charge on any atom is 0.244 e. The number of hydrogen-bond donors (Lipinski definition) is 2. The van der Waals surface area contributed by atoms with Gasteiger partial charge in [-0.15, -0.1) is 0 Å². The SMILES string of the molecule is CCN(C)C(=O)C(C)NC(=O)C1NCCCC1(C)C. The summed E-state index contributed by atoms with van der Waals surface area (Å²) < 4.78 is 0. The van der Waals surface area contributed by atoms with Gasteiger partial charge in [-0.25, -0.2) is 0 Å². The highest BCUT2D eigenvalue weighted by atomic mass is 16.2. The number of nitrogens with zero attached hydrogens (tertiary/aromatic N) is 1. The van der Waals surface area contributed by atoms with Crippen LogP contribution in [0.3, 0.4) is 0 Å². The van der Waals surface area contributed by atoms with Gasteiger partial charge in [0, 0.05) is 13.6 Å². The molecule has 0 aliphatic carbocycles. The molecule has 5 nitrogen and oxygen atoms in total. The zero-order valence-electron chi connectivity index (χ0n) is 12.7. The van der Waals surface area contributed by atoms with Gasteiger partial charge in [0.25, 0.3) is 0 Å². The molecule has 0 aromatic heterocycles. The molecule has 0 spiro atoms. The quantitative estimate of drug-likeness (QED) is 0.791. The van der Waals surface area contributed by atoms with Gasteiger partial charge in [0.1, 0.15) is 6.04 Å². The van der Waals surface area contributed by atoms with Gasteiger partial charge in [-0.1, -0.05) is 13.8 Å². The van der Waals surface area contributed by atoms with Gasteiger partial charge < -0.3 is 15.5 Å². The maximum absolute atomic E-state index is 12.3. The van der Waals surface area contributed by atoms with Crippen LogP contribution < -0.4 is 10.6 Å². The molecule has 0 radical (unpaired) electrons. The first kappa shape index (κ1) is 16.0. The van der Waals surface area contributed by atoms with Crippen LogP contribution in [0.4, 0.5) is 0 Å². The number of rotatable bonds is 4. The number of likely N-dealkylation sites (N-methyl/N-ethyl adjacent to an activating group) is 1. The third-order valence-electron chi connectivity index (χ3n) is 3.97. The van der Waals surface area contributed by atoms with E-state index in [1.54, 1.807) is 18.9 Å². The second kappa shape index (κ2) is 6.37. The van der Waals surface area contributed by atoms with Crippen molar-refractivity contribution in [3.05, 3.63) is 0 Å². The predicted molar refractivity (Wildman–Crippen MR) is 75.7 cm³/mol. The number of carbonyl (C=O) groups excluding carboxylic acids is 2. The summed E-state index contributed by atoms with van der Waals surface area (Å²) in [5.74, 6) is -0.125. The van der Waals surface area contributed by atoms with Crippen molar-refractivity contribution >= 4 is 11.8 Å². The molecule has 110 valence electrons. The minimum Gasteiger partial charge on any atom is -0.344 e. The van der Waals surface area contributed by atoms with Gasteiger partial charge in [-0.2, -0.15) is 0 Å². The van der Waals surface area contributed by atoms with Crippen molar-refractivity contribution in [1.29, 1.82) is 0 Å². The minimum atomic E-state index is -0.475. The van der Waals surface area contributed by atoms with Crippen molar-refractivity contribution in [2.75, 3.05) is 20.1 Å². The summed E-state index contributed by atoms with van der Waals surface area (Å²) in [5.41, 5.74) is -0.0677. The zero-order chi connectivity index (χ0) is 14.6. The Morgan fingerprint density at radius 3 is 2.63 bits per heavy atom. The standard InChI is InChI=1S/C14H27N3O2/c1-6-17(5)13(19)10(2)16-12(18)11-14(3,4)8-7-9-15-11/h10-11,15H,6-9H2,1-5H3,(H,16,18). The van der Waals surface area contributed by atoms with Crippen molar-refractivity contribution in [1.82, 2.24) is 15.5 Å². The molecule has 0 aromatic carbocycles. The van der Waals surface area contributed by atoms with Gasteiger partial charge in [0.05, 0.1) is 6.04 Å². The van der Waals surface area contributed by atoms with E-state index in [0.29, 0.717) is 6.54 Å². The predicted octanol–water partition coefficient (Wildman–Crippen LogP) is 0.748. The normalized spacial score (nSPS) is 23.5. The van der Waals surface area contributed by atoms with Crippen LogP contribution in [0.2, 0.25) is 0 Å². The third kappa shape index (κ3) is 3.93. The van der Waals surface area contributed by atoms with Crippen LogP contribution in [-0.4, -0.2) is 48.9 Å². The highest BCUT2D eigenvalue weighted by molar-refractivity contribution is 5.89. The number of nitrogens with one attached hydrogen (secondary N) is 2. The van der Waals surface area contributed by atoms with E-state index in [9.17, 15) is 9.59 Å². The molecule has 1 aliphatic rings. The molecule has 5 heteroatoms. The first-order valence-electron chi connectivity index (χ1n) is 7.08. The van der Waals surface area contributed by atoms with Crippen LogP contribution in [-0.2, 0) is 9.59 Å². The molecule has 2 amide bonds. The topological polar surface area (TPSA) is 61.4 Å². The molecule has 2 unspecified atom stereocenters. The van der Waals surface area contributed by atoms with Crippen LogP contribution in [0.25, 0.3) is 0 Å². The Hall–Kier alpha value is -1.10. The lowest BCUT2D eigenvalue weighted by atomic mass is 9.77. The van der Waals surface area contributed by atoms with Gasteiger partial charge in [-0.05, 0) is 38.6 Å². The Kier molecular flexibility index (Phi) is 5.35. The van der Waals surface area contributed by atoms with Crippen molar-refractivity contribution in [2.45, 2.75) is 52.6 Å². The Balaban J connectivity index is 2.61. The summed E-state index contributed by atoms with van der Waals surface area (Å²) in [6, 6.07) is -0.694. The molecule has 2 atom stereocenters. The third-order valence-corrected chi connectivity index (χ3v) is 3.97. The summed E-state index contributed by atoms with van der Waals surface area (Å²) in [6.07, 6.45) is 2.11. The fraction of sp³-hybridized carbons (Fsp3) is 0.857. The largest absolute Gasteiger partial charge is 0.344 e. The summed E-state index contributed by atoms with van der Waals surface area (Å²) in [5, 5.41) is 6.09. The number of piperidine rings is 1. The Bertz CT molecular complexity index is 342. The average Bonchev–Trinajstić information content (AvgIpc) is 2.35. The first-order chi connectivity index (χ1) is 8.79. The zero-order valence-corrected chi connectivity index (χ0v) is 12.7. The van der Waals surface area contributed by atoms with Crippen molar-refractivity contribution < 1.29 is 9.59 Å². The highest BCUT2D eigenvalue weighted by Gasteiger charge is 2.37. The summed E-state index contributed by atoms with van der Waals surface area (Å²) >= 11 is 0. The van der Waals surface area contributed by atoms with E-state index in [1.807, 2.05) is 6.92 Å². The van der Waals surface area contributed by atoms with Crippen LogP contribution in [0.5, 0.6) is 0 Å². The Morgan fingerprint density at radius 1 is 1.47 bits per heavy atom. The van der Waals surface area contributed by atoms with E-state index in [1.165, 1.54) is 0 Å². The van der Waals surface area contributed by atoms with Gasteiger partial charge in [0.2, 0.25) is 11.8 Å². The summed E-state index contributed by atoms with van der Waals surface area (Å²) in [4.78, 5) is 25.9. The van der Waals surface area contributed by atoms with E-state index >= 15 is 0 Å². The fourth-order valence-corrected chi connectivity index (χ4v) is 2.50. The summed E-state index contributed by atoms with van der Waals surface area (Å²) in [6.45, 7) is 9.34. The van der Waals surface area contributed by atoms with E-state index in [0.717, 1.165) is 19.4 Å². The Morgan fingerprint density at radius 2 is 2.11 bits per heavy atom. The molecule has 2 N–H and O–H groups in total. The second-order valence-corrected chi connectivity index (χ2v) is 6.06. The smallest absolute Gasteiger partial charge is 0.244 e. The first-order valence-corrected chi connectivity index (χ1v) is 7.08. The lowest BCUT2D eigenvalue weighted by Crippen LogP contribution is -2.58. The highest BCUT2D eigenvalue weighted by Crippen LogP contribution is 2.30. The molecule has 0 aromatic rings. The number of hydrogen-bond acceptors (Lipinski definition) is 3. The molecule has 1 aliphatic heterocycles. The van der Waals surface area contributed by atoms with Crippen LogP contribution in [0, 0.1) is 5.41 Å². The molecule has 0 bridgehead atoms. The minimum absolute atomic E-state index is 0.0514. The molecule has 19 heavy (non-hydrogen) atoms. The lowest BCUT2D eigenvalue weighted by molar-refractivity contribution is -0.136. The fourth-order valence-electron chi connectivity index (χ4n) is 2.50. The van der Waals surface area contributed by atoms with Crippen LogP contribution >= 0.6 is 0 Å². The van der Waals surface area contributed by atoms with Gasteiger partial charge in [-0.3, -0.25) is 9.59 Å². The number of amides is 2. The number of carbonyl (C=O) groups is 2. The van der Waals surface area contributed by atoms with Gasteiger partial charge >= 0.3 is 0 Å². The van der Waals surface area contributed by atoms with Crippen molar-refractivity contribution in [3.63, 3.8) is 0 Å². The molecule has 1 saturated heterocycles. The van der Waals surface area contributed by atoms with E-state index in [-0.39, 0.29) is 23.3 Å². The second-order valence-electron chi connectivity index (χ2n) is 6.06. The molecule has 1 heterocycles. The average molecular weight is 269 g/mol. The van der Waals surface area contributed by atoms with Crippen molar-refractivity contribution in [2.24, 2.45) is 5.41 Å². The van der Waals surface area contributed by atoms with E-state index < -0.39 is 6.04 Å². The van der Waals surface area contributed by atoms with Crippen molar-refractivity contribution in [3.8, 4) is 0 Å². The maximum atomic E-state index is 12.3. The van der Waals surface area contributed by atoms with E-state index in [2.05, 4.69) is 24.5 Å². The summed E-state index contributed by atoms with van der Waals surface area (Å²) in [7, 11) is 1.74. The van der Waals surface area contributed by atoms with Gasteiger partial charge in [0.15, 0.2) is 0 Å². The van der Waals surface area contributed by atoms with Crippen LogP contribution in [0.1, 0.15) is 40.5 Å². The Labute approximate surface area is 116 Å². The molecular formula is C14H27N3O2. The molecule has 1 rings (SSSR count). The molecular weight excluding hydrogens is 242 g/mol. The van der Waals surface area contributed by atoms with Crippen LogP contribution in [0.15, 0.2) is 0 Å². The molecule has 1 fully saturated rings. The van der Waals surface area contributed by atoms with E-state index in [4.69, 9.17) is 0 Å².